The van der Waals surface area contributed by atoms with Gasteiger partial charge in [0.05, 0.1) is 6.20 Å². The number of imidazole rings is 1. The van der Waals surface area contributed by atoms with Crippen molar-refractivity contribution in [1.82, 2.24) is 24.4 Å². The number of rotatable bonds is 3. The number of hydrogen-bond acceptors (Lipinski definition) is 6. The molecular weight excluding hydrogens is 378 g/mol. The summed E-state index contributed by atoms with van der Waals surface area (Å²) in [6.07, 6.45) is 6.10. The Morgan fingerprint density at radius 1 is 1.10 bits per heavy atom. The number of benzene rings is 1. The monoisotopic (exact) mass is 403 g/mol. The van der Waals surface area contributed by atoms with Crippen LogP contribution < -0.4 is 9.80 Å². The zero-order valence-electron chi connectivity index (χ0n) is 17.5. The van der Waals surface area contributed by atoms with E-state index >= 15 is 0 Å². The first kappa shape index (κ1) is 18.7. The zero-order chi connectivity index (χ0) is 20.9. The minimum Gasteiger partial charge on any atom is -0.338 e. The molecule has 0 N–H and O–H groups in total. The van der Waals surface area contributed by atoms with Gasteiger partial charge in [0.2, 0.25) is 5.95 Å². The van der Waals surface area contributed by atoms with Gasteiger partial charge in [-0.15, -0.1) is 0 Å². The molecule has 0 unspecified atom stereocenters. The number of piperazine rings is 1. The molecular formula is C22H25N7O. The van der Waals surface area contributed by atoms with E-state index in [4.69, 9.17) is 4.98 Å². The van der Waals surface area contributed by atoms with Crippen molar-refractivity contribution in [2.24, 2.45) is 0 Å². The summed E-state index contributed by atoms with van der Waals surface area (Å²) in [5.41, 5.74) is 1.15. The van der Waals surface area contributed by atoms with Gasteiger partial charge in [0, 0.05) is 44.6 Å². The molecule has 0 bridgehead atoms. The number of fused-ring (bicyclic) bond motifs is 3. The molecule has 1 atom stereocenters. The Balaban J connectivity index is 1.64. The number of likely N-dealkylation sites (N-methyl/N-ethyl adjacent to an activating group) is 2. The van der Waals surface area contributed by atoms with E-state index in [9.17, 15) is 4.79 Å². The van der Waals surface area contributed by atoms with E-state index in [2.05, 4.69) is 33.7 Å². The molecule has 2 aromatic heterocycles. The number of carbonyl (C=O) groups excluding carboxylic acids is 1. The molecule has 0 radical (unpaired) electrons. The Morgan fingerprint density at radius 3 is 2.67 bits per heavy atom. The summed E-state index contributed by atoms with van der Waals surface area (Å²) in [6, 6.07) is 10.0. The van der Waals surface area contributed by atoms with Crippen LogP contribution in [0.4, 0.5) is 11.5 Å². The molecule has 2 aliphatic rings. The second-order valence-corrected chi connectivity index (χ2v) is 8.00. The maximum atomic E-state index is 13.4. The van der Waals surface area contributed by atoms with Gasteiger partial charge in [0.1, 0.15) is 17.1 Å². The van der Waals surface area contributed by atoms with Gasteiger partial charge in [0.25, 0.3) is 5.91 Å². The van der Waals surface area contributed by atoms with E-state index in [0.717, 1.165) is 42.4 Å². The Bertz CT molecular complexity index is 1100. The van der Waals surface area contributed by atoms with Gasteiger partial charge >= 0.3 is 0 Å². The lowest BCUT2D eigenvalue weighted by atomic mass is 9.87. The average Bonchev–Trinajstić information content (AvgIpc) is 3.27. The number of amides is 1. The fourth-order valence-corrected chi connectivity index (χ4v) is 4.64. The third-order valence-corrected chi connectivity index (χ3v) is 6.28. The minimum atomic E-state index is -0.600. The van der Waals surface area contributed by atoms with Gasteiger partial charge in [-0.05, 0) is 13.5 Å². The summed E-state index contributed by atoms with van der Waals surface area (Å²) < 4.78 is 1.90. The molecule has 1 saturated heterocycles. The summed E-state index contributed by atoms with van der Waals surface area (Å²) >= 11 is 0. The fraction of sp³-hybridized carbons (Fsp3) is 0.364. The summed E-state index contributed by atoms with van der Waals surface area (Å²) in [6.45, 7) is 4.40. The van der Waals surface area contributed by atoms with Gasteiger partial charge in [-0.3, -0.25) is 9.36 Å². The van der Waals surface area contributed by atoms with Gasteiger partial charge < -0.3 is 14.7 Å². The van der Waals surface area contributed by atoms with Gasteiger partial charge in [-0.2, -0.15) is 4.98 Å². The number of hydrogen-bond donors (Lipinski definition) is 0. The SMILES string of the molecule is CC[C@]12CN(C)CCN1c1nc(-n3ccnc3-c3ccccc3)ncc1N(C)C2=O. The maximum absolute atomic E-state index is 13.4. The Kier molecular flexibility index (Phi) is 4.32. The van der Waals surface area contributed by atoms with Crippen LogP contribution in [-0.2, 0) is 4.79 Å². The third-order valence-electron chi connectivity index (χ3n) is 6.28. The minimum absolute atomic E-state index is 0.105. The smallest absolute Gasteiger partial charge is 0.254 e. The lowest BCUT2D eigenvalue weighted by molar-refractivity contribution is -0.125. The Morgan fingerprint density at radius 2 is 1.90 bits per heavy atom. The molecule has 3 aromatic rings. The maximum Gasteiger partial charge on any atom is 0.254 e. The normalized spacial score (nSPS) is 21.5. The molecule has 154 valence electrons. The highest BCUT2D eigenvalue weighted by Crippen LogP contribution is 2.41. The summed E-state index contributed by atoms with van der Waals surface area (Å²) in [7, 11) is 3.89. The highest BCUT2D eigenvalue weighted by molar-refractivity contribution is 6.07. The molecule has 1 fully saturated rings. The van der Waals surface area contributed by atoms with Crippen LogP contribution in [0, 0.1) is 0 Å². The second kappa shape index (κ2) is 6.91. The van der Waals surface area contributed by atoms with Crippen LogP contribution in [-0.4, -0.2) is 69.6 Å². The Labute approximate surface area is 175 Å². The quantitative estimate of drug-likeness (QED) is 0.668. The van der Waals surface area contributed by atoms with E-state index in [1.54, 1.807) is 17.3 Å². The van der Waals surface area contributed by atoms with Crippen LogP contribution >= 0.6 is 0 Å². The first-order valence-corrected chi connectivity index (χ1v) is 10.3. The van der Waals surface area contributed by atoms with Gasteiger partial charge in [0.15, 0.2) is 5.82 Å². The number of nitrogens with zero attached hydrogens (tertiary/aromatic N) is 7. The van der Waals surface area contributed by atoms with E-state index in [-0.39, 0.29) is 5.91 Å². The van der Waals surface area contributed by atoms with Gasteiger partial charge in [-0.25, -0.2) is 9.97 Å². The van der Waals surface area contributed by atoms with Gasteiger partial charge in [-0.1, -0.05) is 37.3 Å². The molecule has 1 amide bonds. The van der Waals surface area contributed by atoms with Crippen molar-refractivity contribution in [3.05, 3.63) is 48.9 Å². The first-order valence-electron chi connectivity index (χ1n) is 10.3. The third kappa shape index (κ3) is 2.64. The predicted molar refractivity (Wildman–Crippen MR) is 116 cm³/mol. The van der Waals surface area contributed by atoms with Crippen molar-refractivity contribution in [1.29, 1.82) is 0 Å². The largest absolute Gasteiger partial charge is 0.338 e. The molecule has 8 nitrogen and oxygen atoms in total. The molecule has 0 aliphatic carbocycles. The van der Waals surface area contributed by atoms with Crippen LogP contribution in [0.5, 0.6) is 0 Å². The van der Waals surface area contributed by atoms with Crippen molar-refractivity contribution in [2.75, 3.05) is 43.5 Å². The average molecular weight is 403 g/mol. The number of anilines is 2. The molecule has 4 heterocycles. The van der Waals surface area contributed by atoms with Crippen molar-refractivity contribution < 1.29 is 4.79 Å². The highest BCUT2D eigenvalue weighted by Gasteiger charge is 2.52. The van der Waals surface area contributed by atoms with Crippen molar-refractivity contribution in [3.8, 4) is 17.3 Å². The number of aromatic nitrogens is 4. The molecule has 30 heavy (non-hydrogen) atoms. The van der Waals surface area contributed by atoms with Crippen molar-refractivity contribution >= 4 is 17.4 Å². The standard InChI is InChI=1S/C22H25N7O/c1-4-22-15-26(2)12-13-29(22)19-17(27(3)20(22)30)14-24-21(25-19)28-11-10-23-18(28)16-8-6-5-7-9-16/h5-11,14H,4,12-13,15H2,1-3H3/t22-/m1/s1. The molecule has 0 saturated carbocycles. The highest BCUT2D eigenvalue weighted by atomic mass is 16.2. The summed E-state index contributed by atoms with van der Waals surface area (Å²) in [5.74, 6) is 2.26. The van der Waals surface area contributed by atoms with Crippen LogP contribution in [0.2, 0.25) is 0 Å². The summed E-state index contributed by atoms with van der Waals surface area (Å²) in [5, 5.41) is 0. The Hall–Kier alpha value is -3.26. The van der Waals surface area contributed by atoms with Crippen molar-refractivity contribution in [3.63, 3.8) is 0 Å². The van der Waals surface area contributed by atoms with E-state index in [1.807, 2.05) is 48.1 Å². The zero-order valence-corrected chi connectivity index (χ0v) is 17.5. The molecule has 2 aliphatic heterocycles. The van der Waals surface area contributed by atoms with E-state index < -0.39 is 5.54 Å². The number of carbonyl (C=O) groups is 1. The van der Waals surface area contributed by atoms with Crippen LogP contribution in [0.3, 0.4) is 0 Å². The molecule has 1 aromatic carbocycles. The van der Waals surface area contributed by atoms with E-state index in [1.165, 1.54) is 0 Å². The first-order chi connectivity index (χ1) is 14.5. The lowest BCUT2D eigenvalue weighted by Crippen LogP contribution is -2.70. The topological polar surface area (TPSA) is 70.4 Å². The molecule has 8 heteroatoms. The van der Waals surface area contributed by atoms with E-state index in [0.29, 0.717) is 12.5 Å². The molecule has 0 spiro atoms. The lowest BCUT2D eigenvalue weighted by Gasteiger charge is -2.53. The predicted octanol–water partition coefficient (Wildman–Crippen LogP) is 2.21. The van der Waals surface area contributed by atoms with Crippen LogP contribution in [0.1, 0.15) is 13.3 Å². The fourth-order valence-electron chi connectivity index (χ4n) is 4.64. The van der Waals surface area contributed by atoms with Crippen LogP contribution in [0.25, 0.3) is 17.3 Å². The molecule has 5 rings (SSSR count). The van der Waals surface area contributed by atoms with Crippen LogP contribution in [0.15, 0.2) is 48.9 Å². The summed E-state index contributed by atoms with van der Waals surface area (Å²) in [4.78, 5) is 33.6. The second-order valence-electron chi connectivity index (χ2n) is 8.00. The van der Waals surface area contributed by atoms with Crippen molar-refractivity contribution in [2.45, 2.75) is 18.9 Å².